The molecule has 158 valence electrons. The summed E-state index contributed by atoms with van der Waals surface area (Å²) >= 11 is 0. The van der Waals surface area contributed by atoms with Crippen molar-refractivity contribution in [2.75, 3.05) is 33.2 Å². The van der Waals surface area contributed by atoms with Crippen LogP contribution in [0.4, 0.5) is 5.69 Å². The molecule has 0 aliphatic rings. The first kappa shape index (κ1) is 20.8. The van der Waals surface area contributed by atoms with Gasteiger partial charge in [0.2, 0.25) is 0 Å². The van der Waals surface area contributed by atoms with Crippen LogP contribution in [0.25, 0.3) is 33.0 Å². The molecule has 0 atom stereocenters. The van der Waals surface area contributed by atoms with E-state index in [1.165, 1.54) is 39.1 Å². The number of hydrogen-bond acceptors (Lipinski definition) is 3. The molecular formula is C28H29NO2. The predicted molar refractivity (Wildman–Crippen MR) is 132 cm³/mol. The SMILES string of the molecule is COc1cc2cc(-c3cc(C)c(C)cc3N(C)C)cc(-c3ccccc3)c2cc1OC. The Morgan fingerprint density at radius 1 is 0.645 bits per heavy atom. The lowest BCUT2D eigenvalue weighted by Crippen LogP contribution is -2.10. The summed E-state index contributed by atoms with van der Waals surface area (Å²) in [6.45, 7) is 4.34. The highest BCUT2D eigenvalue weighted by Gasteiger charge is 2.16. The molecule has 4 rings (SSSR count). The molecule has 0 bridgehead atoms. The minimum atomic E-state index is 0.735. The number of benzene rings is 4. The normalized spacial score (nSPS) is 10.9. The Hall–Kier alpha value is -3.46. The quantitative estimate of drug-likeness (QED) is 0.357. The van der Waals surface area contributed by atoms with Crippen LogP contribution in [0.2, 0.25) is 0 Å². The molecule has 0 N–H and O–H groups in total. The number of rotatable bonds is 5. The number of fused-ring (bicyclic) bond motifs is 1. The van der Waals surface area contributed by atoms with Crippen molar-refractivity contribution in [3.8, 4) is 33.8 Å². The molecule has 0 radical (unpaired) electrons. The van der Waals surface area contributed by atoms with E-state index in [2.05, 4.69) is 93.5 Å². The van der Waals surface area contributed by atoms with E-state index >= 15 is 0 Å². The van der Waals surface area contributed by atoms with Crippen molar-refractivity contribution in [3.05, 3.63) is 77.9 Å². The average molecular weight is 412 g/mol. The fourth-order valence-corrected chi connectivity index (χ4v) is 4.10. The van der Waals surface area contributed by atoms with Crippen LogP contribution >= 0.6 is 0 Å². The van der Waals surface area contributed by atoms with Gasteiger partial charge in [0.25, 0.3) is 0 Å². The second-order valence-corrected chi connectivity index (χ2v) is 8.17. The fourth-order valence-electron chi connectivity index (χ4n) is 4.10. The van der Waals surface area contributed by atoms with Crippen molar-refractivity contribution < 1.29 is 9.47 Å². The highest BCUT2D eigenvalue weighted by atomic mass is 16.5. The molecule has 4 aromatic rings. The number of nitrogens with zero attached hydrogens (tertiary/aromatic N) is 1. The molecule has 0 aromatic heterocycles. The molecule has 0 aliphatic heterocycles. The standard InChI is InChI=1S/C28H29NO2/c1-18-12-25(26(29(3)4)13-19(18)2)21-14-22-16-27(30-5)28(31-6)17-24(22)23(15-21)20-10-8-7-9-11-20/h7-17H,1-6H3. The van der Waals surface area contributed by atoms with E-state index in [1.54, 1.807) is 14.2 Å². The third-order valence-electron chi connectivity index (χ3n) is 5.95. The van der Waals surface area contributed by atoms with E-state index in [9.17, 15) is 0 Å². The van der Waals surface area contributed by atoms with E-state index in [0.717, 1.165) is 22.3 Å². The second kappa shape index (κ2) is 8.35. The van der Waals surface area contributed by atoms with E-state index in [-0.39, 0.29) is 0 Å². The molecular weight excluding hydrogens is 382 g/mol. The zero-order valence-electron chi connectivity index (χ0n) is 19.1. The van der Waals surface area contributed by atoms with Crippen molar-refractivity contribution in [2.24, 2.45) is 0 Å². The van der Waals surface area contributed by atoms with E-state index < -0.39 is 0 Å². The smallest absolute Gasteiger partial charge is 0.161 e. The first-order valence-corrected chi connectivity index (χ1v) is 10.5. The maximum absolute atomic E-state index is 5.60. The van der Waals surface area contributed by atoms with Crippen LogP contribution in [0.1, 0.15) is 11.1 Å². The summed E-state index contributed by atoms with van der Waals surface area (Å²) in [5, 5.41) is 2.26. The van der Waals surface area contributed by atoms with Crippen LogP contribution in [-0.2, 0) is 0 Å². The van der Waals surface area contributed by atoms with Gasteiger partial charge in [-0.2, -0.15) is 0 Å². The Bertz CT molecular complexity index is 1240. The number of anilines is 1. The van der Waals surface area contributed by atoms with Gasteiger partial charge in [-0.3, -0.25) is 0 Å². The lowest BCUT2D eigenvalue weighted by molar-refractivity contribution is 0.356. The minimum Gasteiger partial charge on any atom is -0.493 e. The van der Waals surface area contributed by atoms with Gasteiger partial charge in [0.05, 0.1) is 14.2 Å². The van der Waals surface area contributed by atoms with Crippen LogP contribution in [-0.4, -0.2) is 28.3 Å². The number of hydrogen-bond donors (Lipinski definition) is 0. The van der Waals surface area contributed by atoms with Crippen LogP contribution in [0.15, 0.2) is 66.7 Å². The Kier molecular flexibility index (Phi) is 5.60. The second-order valence-electron chi connectivity index (χ2n) is 8.17. The highest BCUT2D eigenvalue weighted by Crippen LogP contribution is 2.42. The topological polar surface area (TPSA) is 21.7 Å². The van der Waals surface area contributed by atoms with Gasteiger partial charge in [-0.05, 0) is 88.8 Å². The lowest BCUT2D eigenvalue weighted by atomic mass is 9.90. The number of ether oxygens (including phenoxy) is 2. The van der Waals surface area contributed by atoms with E-state index in [4.69, 9.17) is 9.47 Å². The summed E-state index contributed by atoms with van der Waals surface area (Å²) in [5.41, 5.74) is 8.56. The molecule has 0 saturated carbocycles. The molecule has 0 unspecified atom stereocenters. The van der Waals surface area contributed by atoms with Gasteiger partial charge in [-0.25, -0.2) is 0 Å². The summed E-state index contributed by atoms with van der Waals surface area (Å²) < 4.78 is 11.2. The summed E-state index contributed by atoms with van der Waals surface area (Å²) in [6.07, 6.45) is 0. The third-order valence-corrected chi connectivity index (χ3v) is 5.95. The monoisotopic (exact) mass is 411 g/mol. The van der Waals surface area contributed by atoms with Crippen molar-refractivity contribution >= 4 is 16.5 Å². The molecule has 0 spiro atoms. The van der Waals surface area contributed by atoms with Crippen LogP contribution in [0.3, 0.4) is 0 Å². The summed E-state index contributed by atoms with van der Waals surface area (Å²) in [6, 6.07) is 23.8. The van der Waals surface area contributed by atoms with Gasteiger partial charge in [-0.1, -0.05) is 30.3 Å². The third kappa shape index (κ3) is 3.84. The maximum Gasteiger partial charge on any atom is 0.161 e. The molecule has 4 aromatic carbocycles. The maximum atomic E-state index is 5.60. The van der Waals surface area contributed by atoms with Crippen molar-refractivity contribution in [1.29, 1.82) is 0 Å². The predicted octanol–water partition coefficient (Wildman–Crippen LogP) is 6.87. The molecule has 31 heavy (non-hydrogen) atoms. The zero-order valence-corrected chi connectivity index (χ0v) is 19.1. The number of methoxy groups -OCH3 is 2. The van der Waals surface area contributed by atoms with Crippen molar-refractivity contribution in [1.82, 2.24) is 0 Å². The van der Waals surface area contributed by atoms with Crippen molar-refractivity contribution in [3.63, 3.8) is 0 Å². The van der Waals surface area contributed by atoms with Crippen molar-refractivity contribution in [2.45, 2.75) is 13.8 Å². The highest BCUT2D eigenvalue weighted by molar-refractivity contribution is 6.02. The summed E-state index contributed by atoms with van der Waals surface area (Å²) in [4.78, 5) is 2.18. The first-order chi connectivity index (χ1) is 14.9. The molecule has 0 fully saturated rings. The van der Waals surface area contributed by atoms with Gasteiger partial charge in [0.1, 0.15) is 0 Å². The molecule has 0 heterocycles. The van der Waals surface area contributed by atoms with E-state index in [1.807, 2.05) is 6.07 Å². The largest absolute Gasteiger partial charge is 0.493 e. The van der Waals surface area contributed by atoms with Gasteiger partial charge >= 0.3 is 0 Å². The molecule has 3 nitrogen and oxygen atoms in total. The molecule has 0 saturated heterocycles. The lowest BCUT2D eigenvalue weighted by Gasteiger charge is -2.21. The molecule has 0 aliphatic carbocycles. The zero-order chi connectivity index (χ0) is 22.1. The molecule has 3 heteroatoms. The Morgan fingerprint density at radius 3 is 1.94 bits per heavy atom. The van der Waals surface area contributed by atoms with Crippen LogP contribution in [0.5, 0.6) is 11.5 Å². The number of aryl methyl sites for hydroxylation is 2. The van der Waals surface area contributed by atoms with Gasteiger partial charge < -0.3 is 14.4 Å². The fraction of sp³-hybridized carbons (Fsp3) is 0.214. The molecule has 0 amide bonds. The Balaban J connectivity index is 2.08. The van der Waals surface area contributed by atoms with E-state index in [0.29, 0.717) is 0 Å². The van der Waals surface area contributed by atoms with Gasteiger partial charge in [0, 0.05) is 25.3 Å². The minimum absolute atomic E-state index is 0.735. The summed E-state index contributed by atoms with van der Waals surface area (Å²) in [7, 11) is 7.55. The first-order valence-electron chi connectivity index (χ1n) is 10.5. The Morgan fingerprint density at radius 2 is 1.29 bits per heavy atom. The van der Waals surface area contributed by atoms with Crippen LogP contribution < -0.4 is 14.4 Å². The van der Waals surface area contributed by atoms with Gasteiger partial charge in [-0.15, -0.1) is 0 Å². The Labute approximate surface area is 184 Å². The summed E-state index contributed by atoms with van der Waals surface area (Å²) in [5.74, 6) is 1.47. The van der Waals surface area contributed by atoms with Gasteiger partial charge in [0.15, 0.2) is 11.5 Å². The average Bonchev–Trinajstić information content (AvgIpc) is 2.79. The van der Waals surface area contributed by atoms with Crippen LogP contribution in [0, 0.1) is 13.8 Å².